The maximum Gasteiger partial charge on any atom is 0.270 e. The molecule has 6 nitrogen and oxygen atoms in total. The average molecular weight is 250 g/mol. The Morgan fingerprint density at radius 1 is 1.50 bits per heavy atom. The van der Waals surface area contributed by atoms with Crippen molar-refractivity contribution in [2.75, 3.05) is 13.2 Å². The van der Waals surface area contributed by atoms with Crippen LogP contribution >= 0.6 is 0 Å². The molecule has 0 aromatic heterocycles. The van der Waals surface area contributed by atoms with E-state index in [-0.39, 0.29) is 29.2 Å². The van der Waals surface area contributed by atoms with E-state index in [4.69, 9.17) is 5.11 Å². The Morgan fingerprint density at radius 3 is 2.78 bits per heavy atom. The molecule has 1 aliphatic carbocycles. The number of carbonyl (C=O) groups excluding carboxylic acids is 1. The van der Waals surface area contributed by atoms with Crippen LogP contribution in [0.2, 0.25) is 0 Å². The van der Waals surface area contributed by atoms with Crippen molar-refractivity contribution >= 4 is 11.6 Å². The molecule has 1 amide bonds. The lowest BCUT2D eigenvalue weighted by Crippen LogP contribution is -2.31. The van der Waals surface area contributed by atoms with E-state index >= 15 is 0 Å². The fourth-order valence-corrected chi connectivity index (χ4v) is 1.70. The highest BCUT2D eigenvalue weighted by Gasteiger charge is 2.42. The Kier molecular flexibility index (Phi) is 3.29. The van der Waals surface area contributed by atoms with Crippen molar-refractivity contribution in [1.82, 2.24) is 5.32 Å². The van der Waals surface area contributed by atoms with Crippen LogP contribution in [0.3, 0.4) is 0 Å². The van der Waals surface area contributed by atoms with E-state index in [0.717, 1.165) is 12.8 Å². The summed E-state index contributed by atoms with van der Waals surface area (Å²) in [5, 5.41) is 22.4. The second kappa shape index (κ2) is 4.73. The number of benzene rings is 1. The van der Waals surface area contributed by atoms with Crippen LogP contribution in [0.25, 0.3) is 0 Å². The zero-order valence-electron chi connectivity index (χ0n) is 9.76. The van der Waals surface area contributed by atoms with Crippen LogP contribution in [-0.4, -0.2) is 29.1 Å². The second-order valence-electron chi connectivity index (χ2n) is 4.65. The van der Waals surface area contributed by atoms with Gasteiger partial charge in [0, 0.05) is 29.7 Å². The van der Waals surface area contributed by atoms with E-state index in [1.54, 1.807) is 0 Å². The number of nitrogens with zero attached hydrogens (tertiary/aromatic N) is 1. The Hall–Kier alpha value is -1.95. The number of amides is 1. The zero-order valence-corrected chi connectivity index (χ0v) is 9.76. The van der Waals surface area contributed by atoms with E-state index in [1.165, 1.54) is 24.3 Å². The first-order chi connectivity index (χ1) is 8.56. The van der Waals surface area contributed by atoms with E-state index in [1.807, 2.05) is 0 Å². The molecule has 1 aliphatic rings. The number of aliphatic hydroxyl groups excluding tert-OH is 1. The minimum Gasteiger partial charge on any atom is -0.396 e. The van der Waals surface area contributed by atoms with Crippen LogP contribution in [0.1, 0.15) is 23.2 Å². The van der Waals surface area contributed by atoms with Gasteiger partial charge in [0.1, 0.15) is 0 Å². The van der Waals surface area contributed by atoms with Gasteiger partial charge < -0.3 is 10.4 Å². The smallest absolute Gasteiger partial charge is 0.270 e. The first-order valence-electron chi connectivity index (χ1n) is 5.70. The highest BCUT2D eigenvalue weighted by Crippen LogP contribution is 2.44. The summed E-state index contributed by atoms with van der Waals surface area (Å²) in [6.45, 7) is 0.466. The molecular formula is C12H14N2O4. The van der Waals surface area contributed by atoms with Gasteiger partial charge in [-0.1, -0.05) is 6.07 Å². The van der Waals surface area contributed by atoms with Crippen molar-refractivity contribution in [1.29, 1.82) is 0 Å². The summed E-state index contributed by atoms with van der Waals surface area (Å²) < 4.78 is 0. The third-order valence-corrected chi connectivity index (χ3v) is 3.24. The fourth-order valence-electron chi connectivity index (χ4n) is 1.70. The summed E-state index contributed by atoms with van der Waals surface area (Å²) in [7, 11) is 0. The Morgan fingerprint density at radius 2 is 2.22 bits per heavy atom. The summed E-state index contributed by atoms with van der Waals surface area (Å²) in [5.74, 6) is -0.349. The van der Waals surface area contributed by atoms with Gasteiger partial charge in [-0.05, 0) is 18.9 Å². The lowest BCUT2D eigenvalue weighted by Gasteiger charge is -2.12. The predicted octanol–water partition coefficient (Wildman–Crippen LogP) is 1.10. The lowest BCUT2D eigenvalue weighted by atomic mass is 10.1. The largest absolute Gasteiger partial charge is 0.396 e. The van der Waals surface area contributed by atoms with Crippen LogP contribution in [0.5, 0.6) is 0 Å². The molecule has 18 heavy (non-hydrogen) atoms. The van der Waals surface area contributed by atoms with E-state index in [2.05, 4.69) is 5.32 Å². The van der Waals surface area contributed by atoms with Crippen molar-refractivity contribution in [2.24, 2.45) is 5.41 Å². The number of non-ortho nitro benzene ring substituents is 1. The molecule has 2 rings (SSSR count). The topological polar surface area (TPSA) is 92.5 Å². The number of carbonyl (C=O) groups is 1. The number of nitro benzene ring substituents is 1. The number of nitrogens with one attached hydrogen (secondary N) is 1. The van der Waals surface area contributed by atoms with Gasteiger partial charge in [0.2, 0.25) is 0 Å². The first kappa shape index (κ1) is 12.5. The van der Waals surface area contributed by atoms with E-state index < -0.39 is 4.92 Å². The molecule has 0 saturated heterocycles. The summed E-state index contributed by atoms with van der Waals surface area (Å²) >= 11 is 0. The molecule has 1 aromatic carbocycles. The molecule has 1 saturated carbocycles. The molecule has 0 heterocycles. The van der Waals surface area contributed by atoms with Crippen molar-refractivity contribution < 1.29 is 14.8 Å². The molecule has 96 valence electrons. The number of aliphatic hydroxyl groups is 1. The highest BCUT2D eigenvalue weighted by molar-refractivity contribution is 5.94. The van der Waals surface area contributed by atoms with Gasteiger partial charge in [0.05, 0.1) is 11.5 Å². The fraction of sp³-hybridized carbons (Fsp3) is 0.417. The van der Waals surface area contributed by atoms with E-state index in [0.29, 0.717) is 6.54 Å². The van der Waals surface area contributed by atoms with E-state index in [9.17, 15) is 14.9 Å². The van der Waals surface area contributed by atoms with Gasteiger partial charge in [-0.3, -0.25) is 14.9 Å². The summed E-state index contributed by atoms with van der Waals surface area (Å²) in [6, 6.07) is 5.59. The Labute approximate surface area is 104 Å². The maximum atomic E-state index is 11.8. The van der Waals surface area contributed by atoms with Crippen LogP contribution in [0.15, 0.2) is 24.3 Å². The normalized spacial score (nSPS) is 16.1. The van der Waals surface area contributed by atoms with Gasteiger partial charge in [0.15, 0.2) is 0 Å². The maximum absolute atomic E-state index is 11.8. The van der Waals surface area contributed by atoms with Crippen LogP contribution in [-0.2, 0) is 0 Å². The highest BCUT2D eigenvalue weighted by atomic mass is 16.6. The van der Waals surface area contributed by atoms with Crippen molar-refractivity contribution in [3.05, 3.63) is 39.9 Å². The van der Waals surface area contributed by atoms with Gasteiger partial charge >= 0.3 is 0 Å². The summed E-state index contributed by atoms with van der Waals surface area (Å²) in [6.07, 6.45) is 1.80. The van der Waals surface area contributed by atoms with Gasteiger partial charge in [-0.2, -0.15) is 0 Å². The molecule has 0 radical (unpaired) electrons. The average Bonchev–Trinajstić information content (AvgIpc) is 3.17. The number of hydrogen-bond acceptors (Lipinski definition) is 4. The SMILES string of the molecule is O=C(NCC1(CO)CC1)c1cccc([N+](=O)[O-])c1. The summed E-state index contributed by atoms with van der Waals surface area (Å²) in [4.78, 5) is 21.8. The third kappa shape index (κ3) is 2.65. The molecule has 0 unspecified atom stereocenters. The van der Waals surface area contributed by atoms with Gasteiger partial charge in [0.25, 0.3) is 11.6 Å². The monoisotopic (exact) mass is 250 g/mol. The van der Waals surface area contributed by atoms with Crippen molar-refractivity contribution in [2.45, 2.75) is 12.8 Å². The number of rotatable bonds is 5. The predicted molar refractivity (Wildman–Crippen MR) is 64.2 cm³/mol. The van der Waals surface area contributed by atoms with Crippen LogP contribution in [0.4, 0.5) is 5.69 Å². The van der Waals surface area contributed by atoms with Gasteiger partial charge in [-0.25, -0.2) is 0 Å². The molecule has 0 spiro atoms. The zero-order chi connectivity index (χ0) is 13.2. The molecule has 0 aliphatic heterocycles. The van der Waals surface area contributed by atoms with Crippen LogP contribution in [0, 0.1) is 15.5 Å². The standard InChI is InChI=1S/C12H14N2O4/c15-8-12(4-5-12)7-13-11(16)9-2-1-3-10(6-9)14(17)18/h1-3,6,15H,4-5,7-8H2,(H,13,16). The minimum absolute atomic E-state index is 0.0578. The molecule has 6 heteroatoms. The number of hydrogen-bond donors (Lipinski definition) is 2. The Bertz CT molecular complexity index is 483. The Balaban J connectivity index is 2.00. The molecule has 1 aromatic rings. The van der Waals surface area contributed by atoms with Gasteiger partial charge in [-0.15, -0.1) is 0 Å². The minimum atomic E-state index is -0.535. The number of nitro groups is 1. The van der Waals surface area contributed by atoms with Crippen molar-refractivity contribution in [3.63, 3.8) is 0 Å². The van der Waals surface area contributed by atoms with Crippen LogP contribution < -0.4 is 5.32 Å². The molecule has 0 atom stereocenters. The molecule has 2 N–H and O–H groups in total. The molecule has 0 bridgehead atoms. The molecular weight excluding hydrogens is 236 g/mol. The molecule has 1 fully saturated rings. The quantitative estimate of drug-likeness (QED) is 0.604. The third-order valence-electron chi connectivity index (χ3n) is 3.24. The lowest BCUT2D eigenvalue weighted by molar-refractivity contribution is -0.384. The summed E-state index contributed by atoms with van der Waals surface area (Å²) in [5.41, 5.74) is -0.0139. The van der Waals surface area contributed by atoms with Crippen molar-refractivity contribution in [3.8, 4) is 0 Å². The second-order valence-corrected chi connectivity index (χ2v) is 4.65. The first-order valence-corrected chi connectivity index (χ1v) is 5.70.